The van der Waals surface area contributed by atoms with Crippen LogP contribution in [0.2, 0.25) is 0 Å². The number of aliphatic hydroxyl groups is 1. The number of nitrogens with zero attached hydrogens (tertiary/aromatic N) is 1. The lowest BCUT2D eigenvalue weighted by atomic mass is 9.94. The van der Waals surface area contributed by atoms with Crippen LogP contribution < -0.4 is 5.32 Å². The van der Waals surface area contributed by atoms with Gasteiger partial charge in [0.05, 0.1) is 25.4 Å². The van der Waals surface area contributed by atoms with Crippen molar-refractivity contribution in [2.24, 2.45) is 5.92 Å². The molecule has 2 N–H and O–H groups in total. The third-order valence-corrected chi connectivity index (χ3v) is 5.50. The molecule has 5 nitrogen and oxygen atoms in total. The molecule has 0 radical (unpaired) electrons. The average Bonchev–Trinajstić information content (AvgIpc) is 2.74. The van der Waals surface area contributed by atoms with E-state index in [-0.39, 0.29) is 30.6 Å². The Hall–Kier alpha value is -2.21. The smallest absolute Gasteiger partial charge is 0.254 e. The van der Waals surface area contributed by atoms with Gasteiger partial charge in [-0.25, -0.2) is 0 Å². The average molecular weight is 383 g/mol. The normalized spacial score (nSPS) is 21.4. The van der Waals surface area contributed by atoms with Gasteiger partial charge in [0.2, 0.25) is 0 Å². The van der Waals surface area contributed by atoms with Gasteiger partial charge in [-0.05, 0) is 36.7 Å². The monoisotopic (exact) mass is 382 g/mol. The molecule has 0 aromatic heterocycles. The van der Waals surface area contributed by atoms with Crippen LogP contribution in [0.15, 0.2) is 48.5 Å². The van der Waals surface area contributed by atoms with Gasteiger partial charge in [0.25, 0.3) is 5.91 Å². The molecule has 5 heteroatoms. The van der Waals surface area contributed by atoms with Gasteiger partial charge in [-0.2, -0.15) is 0 Å². The Labute approximate surface area is 167 Å². The molecular weight excluding hydrogens is 352 g/mol. The predicted octanol–water partition coefficient (Wildman–Crippen LogP) is 2.93. The number of nitrogens with one attached hydrogen (secondary N) is 1. The van der Waals surface area contributed by atoms with E-state index in [2.05, 4.69) is 18.3 Å². The molecule has 3 atom stereocenters. The van der Waals surface area contributed by atoms with Crippen molar-refractivity contribution in [3.8, 4) is 11.1 Å². The number of carbonyl (C=O) groups is 1. The molecule has 150 valence electrons. The van der Waals surface area contributed by atoms with Crippen LogP contribution in [-0.2, 0) is 11.3 Å². The highest BCUT2D eigenvalue weighted by Crippen LogP contribution is 2.30. The van der Waals surface area contributed by atoms with E-state index in [9.17, 15) is 9.90 Å². The van der Waals surface area contributed by atoms with Crippen LogP contribution in [0.25, 0.3) is 11.1 Å². The Kier molecular flexibility index (Phi) is 6.83. The van der Waals surface area contributed by atoms with Crippen LogP contribution >= 0.6 is 0 Å². The lowest BCUT2D eigenvalue weighted by molar-refractivity contribution is -0.00645. The van der Waals surface area contributed by atoms with Crippen molar-refractivity contribution in [3.63, 3.8) is 0 Å². The SMILES string of the molecule is CNC[C@H]1OCc2ccccc2-c2ccccc2C(=O)N([C@@H](C)CO)C[C@@H]1C. The zero-order valence-electron chi connectivity index (χ0n) is 16.9. The third kappa shape index (κ3) is 4.27. The second kappa shape index (κ2) is 9.32. The third-order valence-electron chi connectivity index (χ3n) is 5.50. The van der Waals surface area contributed by atoms with E-state index in [1.54, 1.807) is 4.90 Å². The van der Waals surface area contributed by atoms with Gasteiger partial charge in [-0.15, -0.1) is 0 Å². The van der Waals surface area contributed by atoms with Gasteiger partial charge in [-0.3, -0.25) is 4.79 Å². The maximum Gasteiger partial charge on any atom is 0.254 e. The summed E-state index contributed by atoms with van der Waals surface area (Å²) in [5.41, 5.74) is 3.65. The molecule has 2 aromatic carbocycles. The van der Waals surface area contributed by atoms with Crippen LogP contribution in [0.1, 0.15) is 29.8 Å². The Morgan fingerprint density at radius 1 is 1.14 bits per heavy atom. The number of fused-ring (bicyclic) bond motifs is 3. The van der Waals surface area contributed by atoms with Crippen molar-refractivity contribution in [2.45, 2.75) is 32.6 Å². The van der Waals surface area contributed by atoms with Crippen LogP contribution in [0.3, 0.4) is 0 Å². The van der Waals surface area contributed by atoms with Crippen LogP contribution in [-0.4, -0.2) is 54.8 Å². The topological polar surface area (TPSA) is 61.8 Å². The summed E-state index contributed by atoms with van der Waals surface area (Å²) in [6.07, 6.45) is -0.0412. The highest BCUT2D eigenvalue weighted by Gasteiger charge is 2.29. The highest BCUT2D eigenvalue weighted by atomic mass is 16.5. The first-order chi connectivity index (χ1) is 13.6. The summed E-state index contributed by atoms with van der Waals surface area (Å²) in [7, 11) is 1.91. The molecule has 1 heterocycles. The van der Waals surface area contributed by atoms with Crippen molar-refractivity contribution < 1.29 is 14.6 Å². The quantitative estimate of drug-likeness (QED) is 0.854. The molecule has 0 aliphatic carbocycles. The number of hydrogen-bond acceptors (Lipinski definition) is 4. The van der Waals surface area contributed by atoms with Gasteiger partial charge < -0.3 is 20.1 Å². The summed E-state index contributed by atoms with van der Waals surface area (Å²) < 4.78 is 6.30. The molecular formula is C23H30N2O3. The summed E-state index contributed by atoms with van der Waals surface area (Å²) in [5, 5.41) is 13.0. The van der Waals surface area contributed by atoms with E-state index >= 15 is 0 Å². The zero-order chi connectivity index (χ0) is 20.1. The van der Waals surface area contributed by atoms with Crippen molar-refractivity contribution in [1.82, 2.24) is 10.2 Å². The zero-order valence-corrected chi connectivity index (χ0v) is 16.9. The van der Waals surface area contributed by atoms with E-state index in [0.717, 1.165) is 16.7 Å². The number of carbonyl (C=O) groups excluding carboxylic acids is 1. The number of likely N-dealkylation sites (N-methyl/N-ethyl adjacent to an activating group) is 1. The molecule has 0 unspecified atom stereocenters. The van der Waals surface area contributed by atoms with E-state index < -0.39 is 0 Å². The molecule has 28 heavy (non-hydrogen) atoms. The maximum absolute atomic E-state index is 13.5. The first kappa shape index (κ1) is 20.5. The lowest BCUT2D eigenvalue weighted by Gasteiger charge is -2.33. The van der Waals surface area contributed by atoms with Gasteiger partial charge in [0.1, 0.15) is 0 Å². The van der Waals surface area contributed by atoms with E-state index in [4.69, 9.17) is 4.74 Å². The minimum atomic E-state index is -0.269. The Morgan fingerprint density at radius 2 is 1.79 bits per heavy atom. The van der Waals surface area contributed by atoms with Crippen LogP contribution in [0.5, 0.6) is 0 Å². The second-order valence-corrected chi connectivity index (χ2v) is 7.58. The van der Waals surface area contributed by atoms with E-state index in [1.165, 1.54) is 0 Å². The summed E-state index contributed by atoms with van der Waals surface area (Å²) in [4.78, 5) is 15.3. The van der Waals surface area contributed by atoms with Crippen molar-refractivity contribution in [2.75, 3.05) is 26.7 Å². The Morgan fingerprint density at radius 3 is 2.46 bits per heavy atom. The van der Waals surface area contributed by atoms with Crippen LogP contribution in [0.4, 0.5) is 0 Å². The number of amides is 1. The van der Waals surface area contributed by atoms with Gasteiger partial charge in [-0.1, -0.05) is 49.4 Å². The molecule has 2 aromatic rings. The van der Waals surface area contributed by atoms with Crippen LogP contribution in [0, 0.1) is 5.92 Å². The first-order valence-electron chi connectivity index (χ1n) is 9.92. The molecule has 0 fully saturated rings. The molecule has 1 aliphatic rings. The molecule has 3 rings (SSSR count). The van der Waals surface area contributed by atoms with Crippen molar-refractivity contribution in [1.29, 1.82) is 0 Å². The molecule has 0 saturated carbocycles. The van der Waals surface area contributed by atoms with E-state index in [0.29, 0.717) is 25.3 Å². The highest BCUT2D eigenvalue weighted by molar-refractivity contribution is 6.01. The Bertz CT molecular complexity index is 808. The van der Waals surface area contributed by atoms with Gasteiger partial charge >= 0.3 is 0 Å². The first-order valence-corrected chi connectivity index (χ1v) is 9.92. The van der Waals surface area contributed by atoms with Gasteiger partial charge in [0.15, 0.2) is 0 Å². The lowest BCUT2D eigenvalue weighted by Crippen LogP contribution is -2.46. The molecule has 1 amide bonds. The summed E-state index contributed by atoms with van der Waals surface area (Å²) in [5.74, 6) is 0.0618. The molecule has 0 bridgehead atoms. The summed E-state index contributed by atoms with van der Waals surface area (Å²) in [6, 6.07) is 15.5. The standard InChI is InChI=1S/C23H30N2O3/c1-16-13-25(17(2)14-26)23(27)21-11-7-6-10-20(21)19-9-5-4-8-18(19)15-28-22(16)12-24-3/h4-11,16-17,22,24,26H,12-15H2,1-3H3/t16-,17-,22+/m0/s1. The minimum absolute atomic E-state index is 0.0412. The van der Waals surface area contributed by atoms with Crippen molar-refractivity contribution in [3.05, 3.63) is 59.7 Å². The summed E-state index contributed by atoms with van der Waals surface area (Å²) in [6.45, 7) is 5.62. The minimum Gasteiger partial charge on any atom is -0.394 e. The fourth-order valence-electron chi connectivity index (χ4n) is 3.78. The van der Waals surface area contributed by atoms with Crippen molar-refractivity contribution >= 4 is 5.91 Å². The fraction of sp³-hybridized carbons (Fsp3) is 0.435. The van der Waals surface area contributed by atoms with E-state index in [1.807, 2.05) is 56.4 Å². The predicted molar refractivity (Wildman–Crippen MR) is 111 cm³/mol. The molecule has 0 saturated heterocycles. The second-order valence-electron chi connectivity index (χ2n) is 7.58. The largest absolute Gasteiger partial charge is 0.394 e. The molecule has 1 aliphatic heterocycles. The number of ether oxygens (including phenoxy) is 1. The summed E-state index contributed by atoms with van der Waals surface area (Å²) >= 11 is 0. The number of rotatable bonds is 4. The number of hydrogen-bond donors (Lipinski definition) is 2. The maximum atomic E-state index is 13.5. The number of aliphatic hydroxyl groups excluding tert-OH is 1. The Balaban J connectivity index is 2.14. The molecule has 0 spiro atoms. The van der Waals surface area contributed by atoms with Gasteiger partial charge in [0, 0.05) is 24.6 Å². The fourth-order valence-corrected chi connectivity index (χ4v) is 3.78. The number of benzene rings is 2.